The fraction of sp³-hybridized carbons (Fsp3) is 0.875. The SMILES string of the molecule is CN(C)C(=O)C1CCN(S)CC1. The van der Waals surface area contributed by atoms with Gasteiger partial charge < -0.3 is 4.90 Å². The molecule has 0 aliphatic carbocycles. The molecule has 4 heteroatoms. The maximum absolute atomic E-state index is 11.5. The summed E-state index contributed by atoms with van der Waals surface area (Å²) in [6.07, 6.45) is 1.89. The van der Waals surface area contributed by atoms with Crippen LogP contribution in [0.1, 0.15) is 12.8 Å². The van der Waals surface area contributed by atoms with E-state index >= 15 is 0 Å². The Bertz CT molecular complexity index is 164. The highest BCUT2D eigenvalue weighted by molar-refractivity contribution is 7.77. The molecular formula is C8H16N2OS. The van der Waals surface area contributed by atoms with Gasteiger partial charge in [-0.25, -0.2) is 0 Å². The Hall–Kier alpha value is -0.220. The predicted molar refractivity (Wildman–Crippen MR) is 52.0 cm³/mol. The van der Waals surface area contributed by atoms with Gasteiger partial charge in [0.2, 0.25) is 5.91 Å². The number of thiol groups is 1. The smallest absolute Gasteiger partial charge is 0.225 e. The molecule has 0 bridgehead atoms. The highest BCUT2D eigenvalue weighted by atomic mass is 32.1. The van der Waals surface area contributed by atoms with E-state index in [4.69, 9.17) is 0 Å². The van der Waals surface area contributed by atoms with Crippen LogP contribution in [0.5, 0.6) is 0 Å². The first kappa shape index (κ1) is 9.86. The molecule has 1 aliphatic heterocycles. The zero-order valence-electron chi connectivity index (χ0n) is 7.66. The van der Waals surface area contributed by atoms with Crippen LogP contribution in [0.4, 0.5) is 0 Å². The van der Waals surface area contributed by atoms with Crippen LogP contribution in [0.2, 0.25) is 0 Å². The number of nitrogens with zero attached hydrogens (tertiary/aromatic N) is 2. The fourth-order valence-corrected chi connectivity index (χ4v) is 1.71. The molecule has 3 nitrogen and oxygen atoms in total. The Labute approximate surface area is 79.3 Å². The van der Waals surface area contributed by atoms with Gasteiger partial charge in [-0.2, -0.15) is 0 Å². The molecule has 0 unspecified atom stereocenters. The first-order valence-corrected chi connectivity index (χ1v) is 4.66. The second-order valence-electron chi connectivity index (χ2n) is 3.46. The lowest BCUT2D eigenvalue weighted by Crippen LogP contribution is -2.36. The van der Waals surface area contributed by atoms with Crippen molar-refractivity contribution in [2.24, 2.45) is 5.92 Å². The minimum atomic E-state index is 0.225. The quantitative estimate of drug-likeness (QED) is 0.610. The first-order valence-electron chi connectivity index (χ1n) is 4.26. The second-order valence-corrected chi connectivity index (χ2v) is 4.03. The third-order valence-electron chi connectivity index (χ3n) is 2.26. The van der Waals surface area contributed by atoms with Crippen LogP contribution >= 0.6 is 12.8 Å². The molecule has 1 aliphatic rings. The molecule has 1 rings (SSSR count). The number of carbonyl (C=O) groups is 1. The minimum Gasteiger partial charge on any atom is -0.349 e. The van der Waals surface area contributed by atoms with Crippen molar-refractivity contribution in [2.45, 2.75) is 12.8 Å². The summed E-state index contributed by atoms with van der Waals surface area (Å²) in [5.41, 5.74) is 0. The summed E-state index contributed by atoms with van der Waals surface area (Å²) in [5.74, 6) is 0.486. The molecule has 70 valence electrons. The lowest BCUT2D eigenvalue weighted by atomic mass is 9.97. The molecule has 0 aromatic carbocycles. The van der Waals surface area contributed by atoms with Crippen LogP contribution in [0.25, 0.3) is 0 Å². The molecular weight excluding hydrogens is 172 g/mol. The van der Waals surface area contributed by atoms with E-state index in [2.05, 4.69) is 12.8 Å². The largest absolute Gasteiger partial charge is 0.349 e. The van der Waals surface area contributed by atoms with Crippen LogP contribution < -0.4 is 0 Å². The molecule has 0 atom stereocenters. The molecule has 1 saturated heterocycles. The zero-order valence-corrected chi connectivity index (χ0v) is 8.55. The molecule has 0 aromatic rings. The Balaban J connectivity index is 2.39. The van der Waals surface area contributed by atoms with Crippen molar-refractivity contribution in [3.05, 3.63) is 0 Å². The third kappa shape index (κ3) is 2.38. The molecule has 0 radical (unpaired) electrons. The number of piperidine rings is 1. The number of hydrogen-bond donors (Lipinski definition) is 1. The van der Waals surface area contributed by atoms with Crippen LogP contribution in [0, 0.1) is 5.92 Å². The molecule has 1 heterocycles. The summed E-state index contributed by atoms with van der Waals surface area (Å²) in [4.78, 5) is 13.2. The van der Waals surface area contributed by atoms with Gasteiger partial charge in [0.1, 0.15) is 0 Å². The highest BCUT2D eigenvalue weighted by Gasteiger charge is 2.24. The van der Waals surface area contributed by atoms with Gasteiger partial charge >= 0.3 is 0 Å². The normalized spacial score (nSPS) is 20.9. The van der Waals surface area contributed by atoms with Gasteiger partial charge in [0.15, 0.2) is 0 Å². The third-order valence-corrected chi connectivity index (χ3v) is 2.66. The fourth-order valence-electron chi connectivity index (χ4n) is 1.48. The van der Waals surface area contributed by atoms with Crippen molar-refractivity contribution in [3.8, 4) is 0 Å². The predicted octanol–water partition coefficient (Wildman–Crippen LogP) is 0.631. The average molecular weight is 188 g/mol. The number of hydrogen-bond acceptors (Lipinski definition) is 3. The van der Waals surface area contributed by atoms with Gasteiger partial charge in [0, 0.05) is 33.1 Å². The van der Waals surface area contributed by atoms with E-state index in [9.17, 15) is 4.79 Å². The molecule has 0 N–H and O–H groups in total. The summed E-state index contributed by atoms with van der Waals surface area (Å²) in [7, 11) is 3.63. The van der Waals surface area contributed by atoms with E-state index in [1.807, 2.05) is 18.4 Å². The van der Waals surface area contributed by atoms with Crippen molar-refractivity contribution >= 4 is 18.7 Å². The molecule has 0 saturated carbocycles. The van der Waals surface area contributed by atoms with Crippen molar-refractivity contribution in [1.29, 1.82) is 0 Å². The standard InChI is InChI=1S/C8H16N2OS/c1-9(2)8(11)7-3-5-10(12)6-4-7/h7,12H,3-6H2,1-2H3. The molecule has 12 heavy (non-hydrogen) atoms. The van der Waals surface area contributed by atoms with Gasteiger partial charge in [0.05, 0.1) is 0 Å². The van der Waals surface area contributed by atoms with Gasteiger partial charge in [-0.1, -0.05) is 12.8 Å². The molecule has 1 amide bonds. The van der Waals surface area contributed by atoms with E-state index in [-0.39, 0.29) is 11.8 Å². The Morgan fingerprint density at radius 3 is 2.33 bits per heavy atom. The van der Waals surface area contributed by atoms with Gasteiger partial charge in [-0.05, 0) is 12.8 Å². The number of amides is 1. The molecule has 0 aromatic heterocycles. The maximum atomic E-state index is 11.5. The summed E-state index contributed by atoms with van der Waals surface area (Å²) >= 11 is 4.23. The zero-order chi connectivity index (χ0) is 9.14. The van der Waals surface area contributed by atoms with E-state index < -0.39 is 0 Å². The summed E-state index contributed by atoms with van der Waals surface area (Å²) < 4.78 is 1.97. The summed E-state index contributed by atoms with van der Waals surface area (Å²) in [6, 6.07) is 0. The Morgan fingerprint density at radius 1 is 1.42 bits per heavy atom. The lowest BCUT2D eigenvalue weighted by molar-refractivity contribution is -0.134. The maximum Gasteiger partial charge on any atom is 0.225 e. The first-order chi connectivity index (χ1) is 5.61. The van der Waals surface area contributed by atoms with Crippen LogP contribution in [-0.4, -0.2) is 42.3 Å². The molecule has 0 spiro atoms. The van der Waals surface area contributed by atoms with Crippen molar-refractivity contribution < 1.29 is 4.79 Å². The van der Waals surface area contributed by atoms with Gasteiger partial charge in [-0.15, -0.1) is 0 Å². The van der Waals surface area contributed by atoms with Crippen molar-refractivity contribution in [3.63, 3.8) is 0 Å². The van der Waals surface area contributed by atoms with E-state index in [0.29, 0.717) is 0 Å². The second kappa shape index (κ2) is 4.14. The van der Waals surface area contributed by atoms with Crippen molar-refractivity contribution in [1.82, 2.24) is 9.21 Å². The summed E-state index contributed by atoms with van der Waals surface area (Å²) in [5, 5.41) is 0. The molecule has 1 fully saturated rings. The number of carbonyl (C=O) groups excluding carboxylic acids is 1. The van der Waals surface area contributed by atoms with Crippen molar-refractivity contribution in [2.75, 3.05) is 27.2 Å². The van der Waals surface area contributed by atoms with E-state index in [1.54, 1.807) is 4.90 Å². The topological polar surface area (TPSA) is 23.6 Å². The van der Waals surface area contributed by atoms with Crippen LogP contribution in [-0.2, 0) is 4.79 Å². The van der Waals surface area contributed by atoms with Crippen LogP contribution in [0.3, 0.4) is 0 Å². The summed E-state index contributed by atoms with van der Waals surface area (Å²) in [6.45, 7) is 1.85. The average Bonchev–Trinajstić information content (AvgIpc) is 2.04. The number of rotatable bonds is 1. The van der Waals surface area contributed by atoms with E-state index in [0.717, 1.165) is 25.9 Å². The van der Waals surface area contributed by atoms with Crippen LogP contribution in [0.15, 0.2) is 0 Å². The Kier molecular flexibility index (Phi) is 3.40. The Morgan fingerprint density at radius 2 is 1.92 bits per heavy atom. The minimum absolute atomic E-state index is 0.225. The monoisotopic (exact) mass is 188 g/mol. The van der Waals surface area contributed by atoms with Gasteiger partial charge in [0.25, 0.3) is 0 Å². The van der Waals surface area contributed by atoms with E-state index in [1.165, 1.54) is 0 Å². The highest BCUT2D eigenvalue weighted by Crippen LogP contribution is 2.19. The van der Waals surface area contributed by atoms with Gasteiger partial charge in [-0.3, -0.25) is 9.10 Å². The lowest BCUT2D eigenvalue weighted by Gasteiger charge is -2.28.